The van der Waals surface area contributed by atoms with Gasteiger partial charge in [0, 0.05) is 32.6 Å². The van der Waals surface area contributed by atoms with Gasteiger partial charge in [-0.15, -0.1) is 0 Å². The summed E-state index contributed by atoms with van der Waals surface area (Å²) in [5.41, 5.74) is 10.3. The Morgan fingerprint density at radius 2 is 0.880 bits per heavy atom. The van der Waals surface area contributed by atoms with Gasteiger partial charge in [0.25, 0.3) is 0 Å². The number of aromatic nitrogens is 1. The van der Waals surface area contributed by atoms with Crippen molar-refractivity contribution in [3.05, 3.63) is 176 Å². The molecule has 0 aliphatic rings. The van der Waals surface area contributed by atoms with Gasteiger partial charge < -0.3 is 8.98 Å². The summed E-state index contributed by atoms with van der Waals surface area (Å²) in [6.45, 7) is 0. The fraction of sp³-hybridized carbons (Fsp3) is 0. The summed E-state index contributed by atoms with van der Waals surface area (Å²) in [5, 5.41) is 12.1. The third kappa shape index (κ3) is 3.85. The normalized spacial score (nSPS) is 12.0. The second kappa shape index (κ2) is 10.4. The maximum absolute atomic E-state index is 6.51. The highest BCUT2D eigenvalue weighted by Crippen LogP contribution is 2.46. The summed E-state index contributed by atoms with van der Waals surface area (Å²) >= 11 is 0. The van der Waals surface area contributed by atoms with Crippen LogP contribution in [0.5, 0.6) is 0 Å². The van der Waals surface area contributed by atoms with Crippen LogP contribution in [-0.4, -0.2) is 4.57 Å². The molecule has 0 aliphatic carbocycles. The van der Waals surface area contributed by atoms with Gasteiger partial charge in [0.2, 0.25) is 0 Å². The van der Waals surface area contributed by atoms with Crippen molar-refractivity contribution in [3.8, 4) is 27.9 Å². The first-order chi connectivity index (χ1) is 24.8. The van der Waals surface area contributed by atoms with Crippen LogP contribution in [0.4, 0.5) is 0 Å². The van der Waals surface area contributed by atoms with E-state index in [1.807, 2.05) is 0 Å². The Morgan fingerprint density at radius 1 is 0.340 bits per heavy atom. The van der Waals surface area contributed by atoms with Gasteiger partial charge >= 0.3 is 0 Å². The molecule has 0 amide bonds. The van der Waals surface area contributed by atoms with Gasteiger partial charge in [-0.3, -0.25) is 0 Å². The summed E-state index contributed by atoms with van der Waals surface area (Å²) in [6, 6.07) is 63.8. The highest BCUT2D eigenvalue weighted by Gasteiger charge is 2.20. The molecule has 0 unspecified atom stereocenters. The Balaban J connectivity index is 1.20. The highest BCUT2D eigenvalue weighted by atomic mass is 16.3. The van der Waals surface area contributed by atoms with Gasteiger partial charge in [-0.2, -0.15) is 0 Å². The van der Waals surface area contributed by atoms with E-state index in [1.165, 1.54) is 71.0 Å². The lowest BCUT2D eigenvalue weighted by atomic mass is 9.85. The van der Waals surface area contributed by atoms with Crippen LogP contribution in [0, 0.1) is 0 Å². The van der Waals surface area contributed by atoms with Crippen molar-refractivity contribution in [2.75, 3.05) is 0 Å². The zero-order chi connectivity index (χ0) is 32.8. The predicted octanol–water partition coefficient (Wildman–Crippen LogP) is 13.5. The van der Waals surface area contributed by atoms with Gasteiger partial charge in [0.1, 0.15) is 11.2 Å². The van der Waals surface area contributed by atoms with Gasteiger partial charge in [-0.05, 0) is 91.6 Å². The van der Waals surface area contributed by atoms with Crippen LogP contribution in [0.25, 0.3) is 104 Å². The summed E-state index contributed by atoms with van der Waals surface area (Å²) in [4.78, 5) is 0. The summed E-state index contributed by atoms with van der Waals surface area (Å²) < 4.78 is 8.91. The van der Waals surface area contributed by atoms with Crippen molar-refractivity contribution in [3.63, 3.8) is 0 Å². The zero-order valence-corrected chi connectivity index (χ0v) is 27.1. The molecule has 2 heteroatoms. The van der Waals surface area contributed by atoms with E-state index in [-0.39, 0.29) is 0 Å². The molecule has 2 nitrogen and oxygen atoms in total. The number of nitrogens with zero attached hydrogens (tertiary/aromatic N) is 1. The molecule has 50 heavy (non-hydrogen) atoms. The van der Waals surface area contributed by atoms with Crippen molar-refractivity contribution in [2.24, 2.45) is 0 Å². The molecular formula is C48H29NO. The lowest BCUT2D eigenvalue weighted by molar-refractivity contribution is 0.672. The van der Waals surface area contributed by atoms with E-state index in [0.29, 0.717) is 0 Å². The smallest absolute Gasteiger partial charge is 0.143 e. The van der Waals surface area contributed by atoms with E-state index < -0.39 is 0 Å². The Kier molecular flexibility index (Phi) is 5.70. The Bertz CT molecular complexity index is 3090. The predicted molar refractivity (Wildman–Crippen MR) is 211 cm³/mol. The maximum atomic E-state index is 6.51. The lowest BCUT2D eigenvalue weighted by Gasteiger charge is -2.18. The summed E-state index contributed by atoms with van der Waals surface area (Å²) in [7, 11) is 0. The van der Waals surface area contributed by atoms with Crippen molar-refractivity contribution >= 4 is 76.1 Å². The average molecular weight is 636 g/mol. The number of fused-ring (bicyclic) bond motifs is 10. The minimum atomic E-state index is 0.910. The monoisotopic (exact) mass is 635 g/mol. The Hall–Kier alpha value is -6.64. The van der Waals surface area contributed by atoms with E-state index >= 15 is 0 Å². The summed E-state index contributed by atoms with van der Waals surface area (Å²) in [6.07, 6.45) is 0. The third-order valence-corrected chi connectivity index (χ3v) is 10.6. The van der Waals surface area contributed by atoms with Gasteiger partial charge in [0.15, 0.2) is 0 Å². The number of furan rings is 1. The van der Waals surface area contributed by atoms with E-state index in [9.17, 15) is 0 Å². The number of rotatable bonds is 3. The first-order valence-corrected chi connectivity index (χ1v) is 17.2. The average Bonchev–Trinajstić information content (AvgIpc) is 3.72. The largest absolute Gasteiger partial charge is 0.455 e. The van der Waals surface area contributed by atoms with Crippen LogP contribution in [0.1, 0.15) is 0 Å². The number of para-hydroxylation sites is 2. The van der Waals surface area contributed by atoms with Gasteiger partial charge in [0.05, 0.1) is 11.0 Å². The maximum Gasteiger partial charge on any atom is 0.143 e. The molecule has 0 saturated carbocycles. The van der Waals surface area contributed by atoms with E-state index in [0.717, 1.165) is 33.0 Å². The first kappa shape index (κ1) is 27.3. The molecular weight excluding hydrogens is 607 g/mol. The second-order valence-electron chi connectivity index (χ2n) is 13.2. The van der Waals surface area contributed by atoms with Crippen molar-refractivity contribution in [1.29, 1.82) is 0 Å². The minimum Gasteiger partial charge on any atom is -0.455 e. The number of hydrogen-bond acceptors (Lipinski definition) is 1. The van der Waals surface area contributed by atoms with Crippen molar-refractivity contribution in [1.82, 2.24) is 4.57 Å². The molecule has 0 spiro atoms. The van der Waals surface area contributed by atoms with Crippen LogP contribution in [0.2, 0.25) is 0 Å². The molecule has 232 valence electrons. The van der Waals surface area contributed by atoms with Gasteiger partial charge in [-0.1, -0.05) is 133 Å². The molecule has 0 bridgehead atoms. The zero-order valence-electron chi connectivity index (χ0n) is 27.1. The quantitative estimate of drug-likeness (QED) is 0.177. The molecule has 9 aromatic carbocycles. The molecule has 0 atom stereocenters. The molecule has 11 rings (SSSR count). The SMILES string of the molecule is c1ccc(-n2c3ccccc3c3ccc(-c4c5ccccc5c(-c5ccc6oc7c8ccccc8ccc7c6c5)c5ccccc45)cc32)cc1. The topological polar surface area (TPSA) is 18.1 Å². The van der Waals surface area contributed by atoms with Gasteiger partial charge in [-0.25, -0.2) is 0 Å². The van der Waals surface area contributed by atoms with E-state index in [2.05, 4.69) is 180 Å². The van der Waals surface area contributed by atoms with Crippen LogP contribution in [0.3, 0.4) is 0 Å². The van der Waals surface area contributed by atoms with Crippen molar-refractivity contribution in [2.45, 2.75) is 0 Å². The fourth-order valence-corrected chi connectivity index (χ4v) is 8.39. The molecule has 0 N–H and O–H groups in total. The highest BCUT2D eigenvalue weighted by molar-refractivity contribution is 6.23. The van der Waals surface area contributed by atoms with Crippen LogP contribution >= 0.6 is 0 Å². The molecule has 2 heterocycles. The summed E-state index contributed by atoms with van der Waals surface area (Å²) in [5.74, 6) is 0. The first-order valence-electron chi connectivity index (χ1n) is 17.2. The van der Waals surface area contributed by atoms with Crippen LogP contribution in [-0.2, 0) is 0 Å². The van der Waals surface area contributed by atoms with E-state index in [4.69, 9.17) is 4.42 Å². The third-order valence-electron chi connectivity index (χ3n) is 10.6. The van der Waals surface area contributed by atoms with Crippen molar-refractivity contribution < 1.29 is 4.42 Å². The van der Waals surface area contributed by atoms with Crippen LogP contribution in [0.15, 0.2) is 180 Å². The lowest BCUT2D eigenvalue weighted by Crippen LogP contribution is -1.94. The minimum absolute atomic E-state index is 0.910. The molecule has 0 radical (unpaired) electrons. The standard InChI is InChI=1S/C48H29NO/c1-2-13-33(14-3-1)49-43-21-11-10-16-35(43)36-25-23-32(29-44(36)49)47-39-19-8-6-17-37(39)46(38-18-7-9-20-40(38)47)31-24-27-45-42(28-31)41-26-22-30-12-4-5-15-34(30)48(41)50-45/h1-29H. The molecule has 2 aromatic heterocycles. The molecule has 11 aromatic rings. The molecule has 0 aliphatic heterocycles. The fourth-order valence-electron chi connectivity index (χ4n) is 8.39. The number of benzene rings is 9. The molecule has 0 saturated heterocycles. The number of hydrogen-bond donors (Lipinski definition) is 0. The van der Waals surface area contributed by atoms with Crippen LogP contribution < -0.4 is 0 Å². The molecule has 0 fully saturated rings. The van der Waals surface area contributed by atoms with E-state index in [1.54, 1.807) is 0 Å². The second-order valence-corrected chi connectivity index (χ2v) is 13.2. The Labute approximate surface area is 288 Å². The Morgan fingerprint density at radius 3 is 1.60 bits per heavy atom.